The molecule has 0 spiro atoms. The molecule has 1 aliphatic rings. The van der Waals surface area contributed by atoms with E-state index in [2.05, 4.69) is 5.32 Å². The number of halogens is 5. The topological polar surface area (TPSA) is 69.6 Å². The number of amides is 1. The molecule has 0 radical (unpaired) electrons. The summed E-state index contributed by atoms with van der Waals surface area (Å²) in [4.78, 5) is 24.6. The first-order valence-electron chi connectivity index (χ1n) is 7.30. The van der Waals surface area contributed by atoms with Gasteiger partial charge in [-0.15, -0.1) is 0 Å². The fourth-order valence-electron chi connectivity index (χ4n) is 2.73. The molecule has 1 fully saturated rings. The van der Waals surface area contributed by atoms with E-state index in [9.17, 15) is 22.8 Å². The molecule has 10 heteroatoms. The van der Waals surface area contributed by atoms with Crippen molar-refractivity contribution in [1.82, 2.24) is 4.90 Å². The summed E-state index contributed by atoms with van der Waals surface area (Å²) in [6.45, 7) is 0.487. The van der Waals surface area contributed by atoms with Crippen LogP contribution in [0, 0.1) is 11.8 Å². The monoisotopic (exact) mass is 398 g/mol. The predicted molar refractivity (Wildman–Crippen MR) is 86.8 cm³/mol. The summed E-state index contributed by atoms with van der Waals surface area (Å²) in [5.41, 5.74) is 0.229. The minimum absolute atomic E-state index is 0.225. The van der Waals surface area contributed by atoms with Gasteiger partial charge in [0.15, 0.2) is 0 Å². The molecule has 138 valence electrons. The number of hydrogen-bond acceptors (Lipinski definition) is 3. The van der Waals surface area contributed by atoms with Gasteiger partial charge in [0, 0.05) is 18.1 Å². The van der Waals surface area contributed by atoms with Crippen molar-refractivity contribution in [2.75, 3.05) is 18.4 Å². The number of rotatable bonds is 4. The van der Waals surface area contributed by atoms with Gasteiger partial charge in [0.2, 0.25) is 5.91 Å². The molecule has 2 N–H and O–H groups in total. The molecular formula is C15H15Cl2F3N2O3. The third-order valence-corrected chi connectivity index (χ3v) is 4.76. The number of carbonyl (C=O) groups excluding carboxylic acids is 1. The number of nitrogens with zero attached hydrogens (tertiary/aromatic N) is 1. The Bertz CT molecular complexity index is 684. The smallest absolute Gasteiger partial charge is 0.393 e. The zero-order valence-electron chi connectivity index (χ0n) is 13.0. The lowest BCUT2D eigenvalue weighted by atomic mass is 9.96. The van der Waals surface area contributed by atoms with E-state index in [1.54, 1.807) is 0 Å². The molecule has 1 amide bonds. The van der Waals surface area contributed by atoms with E-state index in [1.165, 1.54) is 30.0 Å². The van der Waals surface area contributed by atoms with Crippen LogP contribution in [0.5, 0.6) is 0 Å². The molecule has 3 atom stereocenters. The molecule has 5 nitrogen and oxygen atoms in total. The predicted octanol–water partition coefficient (Wildman–Crippen LogP) is 3.52. The first-order chi connectivity index (χ1) is 11.5. The Hall–Kier alpha value is -1.51. The Morgan fingerprint density at radius 1 is 1.32 bits per heavy atom. The normalized spacial score (nSPS) is 22.6. The van der Waals surface area contributed by atoms with Gasteiger partial charge in [-0.2, -0.15) is 13.2 Å². The Morgan fingerprint density at radius 2 is 1.96 bits per heavy atom. The zero-order valence-corrected chi connectivity index (χ0v) is 14.5. The number of aliphatic carboxylic acids is 1. The van der Waals surface area contributed by atoms with Crippen LogP contribution in [0.2, 0.25) is 10.0 Å². The Morgan fingerprint density at radius 3 is 2.48 bits per heavy atom. The molecule has 0 aliphatic carbocycles. The van der Waals surface area contributed by atoms with Crippen molar-refractivity contribution in [3.63, 3.8) is 0 Å². The van der Waals surface area contributed by atoms with Crippen molar-refractivity contribution < 1.29 is 27.9 Å². The van der Waals surface area contributed by atoms with Crippen molar-refractivity contribution in [3.8, 4) is 0 Å². The standard InChI is InChI=1S/C15H15Cl2F3N2O3/c1-7(13(23)21-12-4-8(16)2-3-11(12)17)22-5-9(14(24)25)10(6-22)15(18,19)20/h2-4,7,9-10H,5-6H2,1H3,(H,21,23)(H,24,25)/t7?,9-,10-/m1/s1. The maximum atomic E-state index is 13.0. The van der Waals surface area contributed by atoms with Gasteiger partial charge in [-0.3, -0.25) is 14.5 Å². The molecule has 0 aromatic heterocycles. The summed E-state index contributed by atoms with van der Waals surface area (Å²) in [6, 6.07) is 3.44. The Labute approximate surface area is 151 Å². The van der Waals surface area contributed by atoms with Crippen LogP contribution in [-0.4, -0.2) is 47.2 Å². The fraction of sp³-hybridized carbons (Fsp3) is 0.467. The van der Waals surface area contributed by atoms with Crippen molar-refractivity contribution in [2.24, 2.45) is 11.8 Å². The van der Waals surface area contributed by atoms with E-state index in [0.29, 0.717) is 5.02 Å². The number of hydrogen-bond donors (Lipinski definition) is 2. The Kier molecular flexibility index (Phi) is 5.86. The zero-order chi connectivity index (χ0) is 18.9. The van der Waals surface area contributed by atoms with Gasteiger partial charge in [0.25, 0.3) is 0 Å². The number of carbonyl (C=O) groups is 2. The molecule has 25 heavy (non-hydrogen) atoms. The average molecular weight is 399 g/mol. The van der Waals surface area contributed by atoms with Gasteiger partial charge < -0.3 is 10.4 Å². The van der Waals surface area contributed by atoms with Crippen LogP contribution in [0.15, 0.2) is 18.2 Å². The van der Waals surface area contributed by atoms with E-state index in [1.807, 2.05) is 0 Å². The van der Waals surface area contributed by atoms with Crippen LogP contribution >= 0.6 is 23.2 Å². The number of carboxylic acids is 1. The van der Waals surface area contributed by atoms with Gasteiger partial charge in [-0.05, 0) is 25.1 Å². The highest BCUT2D eigenvalue weighted by molar-refractivity contribution is 6.35. The molecule has 2 rings (SSSR count). The number of likely N-dealkylation sites (tertiary alicyclic amines) is 1. The van der Waals surface area contributed by atoms with Gasteiger partial charge in [-0.1, -0.05) is 23.2 Å². The maximum Gasteiger partial charge on any atom is 0.393 e. The Balaban J connectivity index is 2.12. The maximum absolute atomic E-state index is 13.0. The molecule has 1 heterocycles. The third kappa shape index (κ3) is 4.56. The summed E-state index contributed by atoms with van der Waals surface area (Å²) in [5.74, 6) is -5.76. The molecule has 0 bridgehead atoms. The minimum Gasteiger partial charge on any atom is -0.481 e. The lowest BCUT2D eigenvalue weighted by molar-refractivity contribution is -0.188. The van der Waals surface area contributed by atoms with E-state index < -0.39 is 42.5 Å². The van der Waals surface area contributed by atoms with Crippen molar-refractivity contribution in [2.45, 2.75) is 19.1 Å². The van der Waals surface area contributed by atoms with Crippen LogP contribution < -0.4 is 5.32 Å². The molecule has 1 saturated heterocycles. The van der Waals surface area contributed by atoms with Gasteiger partial charge in [0.05, 0.1) is 28.6 Å². The van der Waals surface area contributed by atoms with Crippen molar-refractivity contribution in [3.05, 3.63) is 28.2 Å². The van der Waals surface area contributed by atoms with E-state index in [4.69, 9.17) is 28.3 Å². The van der Waals surface area contributed by atoms with Crippen molar-refractivity contribution in [1.29, 1.82) is 0 Å². The first kappa shape index (κ1) is 19.8. The summed E-state index contributed by atoms with van der Waals surface area (Å²) in [7, 11) is 0. The quantitative estimate of drug-likeness (QED) is 0.813. The van der Waals surface area contributed by atoms with E-state index in [-0.39, 0.29) is 17.3 Å². The molecule has 1 aliphatic heterocycles. The lowest BCUT2D eigenvalue weighted by Gasteiger charge is -2.24. The van der Waals surface area contributed by atoms with Gasteiger partial charge >= 0.3 is 12.1 Å². The SMILES string of the molecule is CC(C(=O)Nc1cc(Cl)ccc1Cl)N1C[C@@H](C(F)(F)F)[C@H](C(=O)O)C1. The second-order valence-electron chi connectivity index (χ2n) is 5.84. The fourth-order valence-corrected chi connectivity index (χ4v) is 3.07. The van der Waals surface area contributed by atoms with E-state index >= 15 is 0 Å². The lowest BCUT2D eigenvalue weighted by Crippen LogP contribution is -2.41. The second-order valence-corrected chi connectivity index (χ2v) is 6.68. The highest BCUT2D eigenvalue weighted by Gasteiger charge is 2.53. The highest BCUT2D eigenvalue weighted by Crippen LogP contribution is 2.38. The number of nitrogens with one attached hydrogen (secondary N) is 1. The van der Waals surface area contributed by atoms with Crippen LogP contribution in [0.4, 0.5) is 18.9 Å². The van der Waals surface area contributed by atoms with Crippen LogP contribution in [-0.2, 0) is 9.59 Å². The number of anilines is 1. The summed E-state index contributed by atoms with van der Waals surface area (Å²) in [6.07, 6.45) is -4.65. The minimum atomic E-state index is -4.65. The van der Waals surface area contributed by atoms with Gasteiger partial charge in [-0.25, -0.2) is 0 Å². The number of benzene rings is 1. The number of carboxylic acid groups (broad SMARTS) is 1. The molecule has 1 aromatic carbocycles. The molecule has 0 saturated carbocycles. The first-order valence-corrected chi connectivity index (χ1v) is 8.05. The number of alkyl halides is 3. The summed E-state index contributed by atoms with van der Waals surface area (Å²) < 4.78 is 39.1. The molecule has 1 aromatic rings. The van der Waals surface area contributed by atoms with Gasteiger partial charge in [0.1, 0.15) is 0 Å². The third-order valence-electron chi connectivity index (χ3n) is 4.20. The van der Waals surface area contributed by atoms with Crippen molar-refractivity contribution >= 4 is 40.8 Å². The molecular weight excluding hydrogens is 384 g/mol. The van der Waals surface area contributed by atoms with E-state index in [0.717, 1.165) is 0 Å². The van der Waals surface area contributed by atoms with Crippen LogP contribution in [0.1, 0.15) is 6.92 Å². The van der Waals surface area contributed by atoms with Crippen LogP contribution in [0.25, 0.3) is 0 Å². The average Bonchev–Trinajstić information content (AvgIpc) is 2.95. The van der Waals surface area contributed by atoms with Crippen LogP contribution in [0.3, 0.4) is 0 Å². The molecule has 1 unspecified atom stereocenters. The largest absolute Gasteiger partial charge is 0.481 e. The highest BCUT2D eigenvalue weighted by atomic mass is 35.5. The summed E-state index contributed by atoms with van der Waals surface area (Å²) in [5, 5.41) is 12.1. The second kappa shape index (κ2) is 7.39. The summed E-state index contributed by atoms with van der Waals surface area (Å²) >= 11 is 11.8.